The lowest BCUT2D eigenvalue weighted by Gasteiger charge is -2.28. The van der Waals surface area contributed by atoms with Crippen LogP contribution in [0.15, 0.2) is 42.6 Å². The molecule has 27 heavy (non-hydrogen) atoms. The van der Waals surface area contributed by atoms with Gasteiger partial charge in [-0.1, -0.05) is 12.1 Å². The van der Waals surface area contributed by atoms with Crippen molar-refractivity contribution in [3.8, 4) is 0 Å². The van der Waals surface area contributed by atoms with Crippen molar-refractivity contribution in [2.75, 3.05) is 18.4 Å². The number of ether oxygens (including phenoxy) is 1. The number of nitrogens with one attached hydrogen (secondary N) is 1. The molecule has 4 rings (SSSR count). The highest BCUT2D eigenvalue weighted by Gasteiger charge is 2.36. The van der Waals surface area contributed by atoms with E-state index < -0.39 is 11.7 Å². The number of nitrogens with zero attached hydrogens (tertiary/aromatic N) is 2. The zero-order valence-electron chi connectivity index (χ0n) is 14.7. The minimum atomic E-state index is -0.580. The molecule has 2 atom stereocenters. The molecule has 2 aliphatic heterocycles. The van der Waals surface area contributed by atoms with Crippen molar-refractivity contribution in [1.29, 1.82) is 0 Å². The minimum Gasteiger partial charge on any atom is -0.370 e. The Hall–Kier alpha value is -2.80. The first-order valence-corrected chi connectivity index (χ1v) is 9.00. The summed E-state index contributed by atoms with van der Waals surface area (Å²) in [6.07, 6.45) is 2.49. The van der Waals surface area contributed by atoms with Crippen molar-refractivity contribution < 1.29 is 18.7 Å². The highest BCUT2D eigenvalue weighted by molar-refractivity contribution is 6.01. The maximum atomic E-state index is 13.5. The van der Waals surface area contributed by atoms with E-state index in [1.54, 1.807) is 17.2 Å². The van der Waals surface area contributed by atoms with Crippen LogP contribution in [0.3, 0.4) is 0 Å². The van der Waals surface area contributed by atoms with Gasteiger partial charge >= 0.3 is 0 Å². The number of carbonyl (C=O) groups excluding carboxylic acids is 2. The first-order valence-electron chi connectivity index (χ1n) is 9.00. The van der Waals surface area contributed by atoms with Crippen LogP contribution in [-0.4, -0.2) is 40.9 Å². The molecule has 0 radical (unpaired) electrons. The average molecular weight is 369 g/mol. The van der Waals surface area contributed by atoms with E-state index in [1.165, 1.54) is 12.1 Å². The van der Waals surface area contributed by atoms with E-state index in [2.05, 4.69) is 10.3 Å². The molecule has 6 nitrogen and oxygen atoms in total. The number of halogens is 1. The fourth-order valence-electron chi connectivity index (χ4n) is 3.63. The molecule has 0 aliphatic carbocycles. The lowest BCUT2D eigenvalue weighted by Crippen LogP contribution is -2.38. The van der Waals surface area contributed by atoms with E-state index in [-0.39, 0.29) is 24.3 Å². The summed E-state index contributed by atoms with van der Waals surface area (Å²) in [5.74, 6) is -1.40. The van der Waals surface area contributed by atoms with Gasteiger partial charge in [0.2, 0.25) is 11.8 Å². The van der Waals surface area contributed by atoms with Crippen LogP contribution in [0, 0.1) is 5.82 Å². The summed E-state index contributed by atoms with van der Waals surface area (Å²) in [5, 5.41) is 2.64. The van der Waals surface area contributed by atoms with Gasteiger partial charge in [-0.2, -0.15) is 0 Å². The molecule has 0 saturated carbocycles. The quantitative estimate of drug-likeness (QED) is 0.899. The Morgan fingerprint density at radius 2 is 2.22 bits per heavy atom. The fraction of sp³-hybridized carbons (Fsp3) is 0.350. The summed E-state index contributed by atoms with van der Waals surface area (Å²) in [5.41, 5.74) is 1.90. The Labute approximate surface area is 156 Å². The van der Waals surface area contributed by atoms with Gasteiger partial charge in [-0.05, 0) is 36.2 Å². The molecule has 2 amide bonds. The lowest BCUT2D eigenvalue weighted by atomic mass is 9.89. The van der Waals surface area contributed by atoms with Crippen LogP contribution < -0.4 is 5.32 Å². The first kappa shape index (κ1) is 17.6. The number of pyridine rings is 1. The Kier molecular flexibility index (Phi) is 4.85. The van der Waals surface area contributed by atoms with Gasteiger partial charge in [0.05, 0.1) is 24.3 Å². The monoisotopic (exact) mass is 369 g/mol. The van der Waals surface area contributed by atoms with E-state index >= 15 is 0 Å². The fourth-order valence-corrected chi connectivity index (χ4v) is 3.63. The number of rotatable bonds is 4. The van der Waals surface area contributed by atoms with Crippen LogP contribution in [0.1, 0.15) is 30.0 Å². The number of fused-ring (bicyclic) bond motifs is 1. The number of anilines is 1. The molecular formula is C20H20FN3O3. The number of carbonyl (C=O) groups is 2. The Morgan fingerprint density at radius 3 is 3.04 bits per heavy atom. The standard InChI is InChI=1S/C20H20FN3O3/c21-13-4-5-16-17(10-19(25)23-18(16)9-13)20(26)24-8-6-15(11-24)27-12-14-3-1-2-7-22-14/h1-5,7,9,15,17H,6,8,10-12H2,(H,23,25)/t15-,17-/m0/s1. The molecule has 2 aliphatic rings. The van der Waals surface area contributed by atoms with Crippen molar-refractivity contribution in [3.05, 3.63) is 59.7 Å². The largest absolute Gasteiger partial charge is 0.370 e. The van der Waals surface area contributed by atoms with Crippen LogP contribution in [0.5, 0.6) is 0 Å². The molecule has 1 saturated heterocycles. The Morgan fingerprint density at radius 1 is 1.33 bits per heavy atom. The molecular weight excluding hydrogens is 349 g/mol. The van der Waals surface area contributed by atoms with Gasteiger partial charge in [0.15, 0.2) is 0 Å². The predicted molar refractivity (Wildman–Crippen MR) is 96.4 cm³/mol. The predicted octanol–water partition coefficient (Wildman–Crippen LogP) is 2.46. The molecule has 7 heteroatoms. The molecule has 0 bridgehead atoms. The third kappa shape index (κ3) is 3.83. The first-order chi connectivity index (χ1) is 13.1. The minimum absolute atomic E-state index is 0.0546. The molecule has 3 heterocycles. The van der Waals surface area contributed by atoms with E-state index in [1.807, 2.05) is 18.2 Å². The number of hydrogen-bond donors (Lipinski definition) is 1. The molecule has 1 fully saturated rings. The van der Waals surface area contributed by atoms with E-state index in [0.29, 0.717) is 30.9 Å². The number of aromatic nitrogens is 1. The molecule has 140 valence electrons. The third-order valence-electron chi connectivity index (χ3n) is 5.00. The van der Waals surface area contributed by atoms with Gasteiger partial charge in [0.1, 0.15) is 5.82 Å². The van der Waals surface area contributed by atoms with E-state index in [0.717, 1.165) is 12.1 Å². The molecule has 1 aromatic carbocycles. The molecule has 0 spiro atoms. The second-order valence-corrected chi connectivity index (χ2v) is 6.86. The lowest BCUT2D eigenvalue weighted by molar-refractivity contribution is -0.134. The van der Waals surface area contributed by atoms with Crippen LogP contribution in [0.4, 0.5) is 10.1 Å². The maximum absolute atomic E-state index is 13.5. The van der Waals surface area contributed by atoms with Crippen LogP contribution in [0.2, 0.25) is 0 Å². The summed E-state index contributed by atoms with van der Waals surface area (Å²) in [6, 6.07) is 9.81. The Balaban J connectivity index is 1.41. The number of amides is 2. The van der Waals surface area contributed by atoms with Gasteiger partial charge < -0.3 is 15.0 Å². The summed E-state index contributed by atoms with van der Waals surface area (Å²) < 4.78 is 19.3. The van der Waals surface area contributed by atoms with Crippen molar-refractivity contribution in [1.82, 2.24) is 9.88 Å². The van der Waals surface area contributed by atoms with Crippen LogP contribution in [-0.2, 0) is 20.9 Å². The maximum Gasteiger partial charge on any atom is 0.230 e. The normalized spacial score (nSPS) is 21.7. The van der Waals surface area contributed by atoms with Crippen molar-refractivity contribution in [3.63, 3.8) is 0 Å². The van der Waals surface area contributed by atoms with Gasteiger partial charge in [0, 0.05) is 31.4 Å². The zero-order chi connectivity index (χ0) is 18.8. The van der Waals surface area contributed by atoms with E-state index in [9.17, 15) is 14.0 Å². The molecule has 0 unspecified atom stereocenters. The molecule has 2 aromatic rings. The molecule has 1 N–H and O–H groups in total. The Bertz CT molecular complexity index is 859. The average Bonchev–Trinajstić information content (AvgIpc) is 3.14. The highest BCUT2D eigenvalue weighted by Crippen LogP contribution is 2.35. The second kappa shape index (κ2) is 7.44. The third-order valence-corrected chi connectivity index (χ3v) is 5.00. The zero-order valence-corrected chi connectivity index (χ0v) is 14.7. The van der Waals surface area contributed by atoms with Gasteiger partial charge in [-0.3, -0.25) is 14.6 Å². The van der Waals surface area contributed by atoms with Crippen molar-refractivity contribution in [2.24, 2.45) is 0 Å². The smallest absolute Gasteiger partial charge is 0.230 e. The topological polar surface area (TPSA) is 71.5 Å². The van der Waals surface area contributed by atoms with Crippen molar-refractivity contribution >= 4 is 17.5 Å². The van der Waals surface area contributed by atoms with Crippen LogP contribution >= 0.6 is 0 Å². The summed E-state index contributed by atoms with van der Waals surface area (Å²) >= 11 is 0. The SMILES string of the molecule is O=C1C[C@H](C(=O)N2CC[C@H](OCc3ccccn3)C2)c2ccc(F)cc2N1. The number of hydrogen-bond acceptors (Lipinski definition) is 4. The molecule has 1 aromatic heterocycles. The summed E-state index contributed by atoms with van der Waals surface area (Å²) in [4.78, 5) is 30.9. The van der Waals surface area contributed by atoms with E-state index in [4.69, 9.17) is 4.74 Å². The summed E-state index contributed by atoms with van der Waals surface area (Å²) in [7, 11) is 0. The number of benzene rings is 1. The van der Waals surface area contributed by atoms with Crippen LogP contribution in [0.25, 0.3) is 0 Å². The second-order valence-electron chi connectivity index (χ2n) is 6.86. The summed E-state index contributed by atoms with van der Waals surface area (Å²) in [6.45, 7) is 1.47. The van der Waals surface area contributed by atoms with Gasteiger partial charge in [-0.15, -0.1) is 0 Å². The van der Waals surface area contributed by atoms with Gasteiger partial charge in [-0.25, -0.2) is 4.39 Å². The van der Waals surface area contributed by atoms with Gasteiger partial charge in [0.25, 0.3) is 0 Å². The van der Waals surface area contributed by atoms with Crippen molar-refractivity contribution in [2.45, 2.75) is 31.5 Å². The number of likely N-dealkylation sites (tertiary alicyclic amines) is 1. The highest BCUT2D eigenvalue weighted by atomic mass is 19.1.